The Labute approximate surface area is 134 Å². The summed E-state index contributed by atoms with van der Waals surface area (Å²) in [5.74, 6) is 1.17. The lowest BCUT2D eigenvalue weighted by atomic mass is 10.0. The van der Waals surface area contributed by atoms with Gasteiger partial charge in [-0.25, -0.2) is 0 Å². The molecule has 1 aromatic carbocycles. The van der Waals surface area contributed by atoms with Gasteiger partial charge >= 0.3 is 0 Å². The second-order valence-corrected chi connectivity index (χ2v) is 7.57. The molecule has 2 rings (SSSR count). The molecule has 1 heterocycles. The van der Waals surface area contributed by atoms with Gasteiger partial charge in [0.25, 0.3) is 0 Å². The molecular formula is C18H30N2S. The predicted molar refractivity (Wildman–Crippen MR) is 94.3 cm³/mol. The first-order valence-electron chi connectivity index (χ1n) is 8.32. The first-order valence-corrected chi connectivity index (χ1v) is 9.30. The molecular weight excluding hydrogens is 276 g/mol. The van der Waals surface area contributed by atoms with Crippen molar-refractivity contribution >= 4 is 11.8 Å². The number of hydrogen-bond donors (Lipinski definition) is 1. The lowest BCUT2D eigenvalue weighted by Crippen LogP contribution is -2.46. The van der Waals surface area contributed by atoms with E-state index in [1.54, 1.807) is 0 Å². The minimum absolute atomic E-state index is 0.632. The first kappa shape index (κ1) is 16.9. The molecule has 1 atom stereocenters. The quantitative estimate of drug-likeness (QED) is 0.768. The highest BCUT2D eigenvalue weighted by atomic mass is 32.2. The van der Waals surface area contributed by atoms with Gasteiger partial charge in [0, 0.05) is 35.8 Å². The zero-order valence-corrected chi connectivity index (χ0v) is 14.6. The van der Waals surface area contributed by atoms with Crippen LogP contribution in [0.4, 0.5) is 0 Å². The van der Waals surface area contributed by atoms with Crippen LogP contribution >= 0.6 is 11.8 Å². The van der Waals surface area contributed by atoms with Crippen LogP contribution in [0.3, 0.4) is 0 Å². The van der Waals surface area contributed by atoms with Gasteiger partial charge in [0.1, 0.15) is 0 Å². The standard InChI is InChI=1S/C18H30N2S/c1-15(2)20(14-17-6-4-5-11-19-17)12-13-21-18-9-7-16(3)8-10-18/h7-10,15,17,19H,4-6,11-14H2,1-3H3. The van der Waals surface area contributed by atoms with Gasteiger partial charge in [0.15, 0.2) is 0 Å². The molecule has 0 aromatic heterocycles. The van der Waals surface area contributed by atoms with Crippen molar-refractivity contribution in [1.82, 2.24) is 10.2 Å². The van der Waals surface area contributed by atoms with Crippen molar-refractivity contribution in [2.75, 3.05) is 25.4 Å². The lowest BCUT2D eigenvalue weighted by Gasteiger charge is -2.33. The third-order valence-corrected chi connectivity index (χ3v) is 5.26. The summed E-state index contributed by atoms with van der Waals surface area (Å²) < 4.78 is 0. The van der Waals surface area contributed by atoms with E-state index in [9.17, 15) is 0 Å². The monoisotopic (exact) mass is 306 g/mol. The van der Waals surface area contributed by atoms with Crippen molar-refractivity contribution < 1.29 is 0 Å². The highest BCUT2D eigenvalue weighted by molar-refractivity contribution is 7.99. The molecule has 21 heavy (non-hydrogen) atoms. The Balaban J connectivity index is 1.75. The largest absolute Gasteiger partial charge is 0.313 e. The summed E-state index contributed by atoms with van der Waals surface area (Å²) in [5.41, 5.74) is 1.34. The molecule has 3 heteroatoms. The Morgan fingerprint density at radius 1 is 1.24 bits per heavy atom. The molecule has 0 spiro atoms. The number of rotatable bonds is 7. The second-order valence-electron chi connectivity index (χ2n) is 6.40. The van der Waals surface area contributed by atoms with Crippen LogP contribution in [0.15, 0.2) is 29.2 Å². The number of nitrogens with zero attached hydrogens (tertiary/aromatic N) is 1. The Kier molecular flexibility index (Phi) is 7.08. The SMILES string of the molecule is Cc1ccc(SCCN(CC2CCCCN2)C(C)C)cc1. The highest BCUT2D eigenvalue weighted by Crippen LogP contribution is 2.19. The number of nitrogens with one attached hydrogen (secondary N) is 1. The van der Waals surface area contributed by atoms with Crippen LogP contribution in [-0.4, -0.2) is 42.4 Å². The smallest absolute Gasteiger partial charge is 0.0195 e. The molecule has 0 radical (unpaired) electrons. The fourth-order valence-corrected chi connectivity index (χ4v) is 3.73. The summed E-state index contributed by atoms with van der Waals surface area (Å²) in [6.45, 7) is 10.4. The van der Waals surface area contributed by atoms with Crippen LogP contribution < -0.4 is 5.32 Å². The molecule has 2 nitrogen and oxygen atoms in total. The molecule has 1 unspecified atom stereocenters. The fraction of sp³-hybridized carbons (Fsp3) is 0.667. The van der Waals surface area contributed by atoms with E-state index in [4.69, 9.17) is 0 Å². The van der Waals surface area contributed by atoms with Crippen molar-refractivity contribution in [3.8, 4) is 0 Å². The van der Waals surface area contributed by atoms with Crippen molar-refractivity contribution in [2.24, 2.45) is 0 Å². The Bertz CT molecular complexity index is 396. The molecule has 0 amide bonds. The highest BCUT2D eigenvalue weighted by Gasteiger charge is 2.18. The molecule has 1 aliphatic rings. The van der Waals surface area contributed by atoms with Crippen molar-refractivity contribution in [3.63, 3.8) is 0 Å². The topological polar surface area (TPSA) is 15.3 Å². The molecule has 0 aliphatic carbocycles. The average Bonchev–Trinajstić information content (AvgIpc) is 2.49. The fourth-order valence-electron chi connectivity index (χ4n) is 2.84. The minimum atomic E-state index is 0.632. The van der Waals surface area contributed by atoms with Gasteiger partial charge in [-0.3, -0.25) is 4.90 Å². The van der Waals surface area contributed by atoms with Gasteiger partial charge in [-0.05, 0) is 52.3 Å². The van der Waals surface area contributed by atoms with E-state index in [1.165, 1.54) is 55.1 Å². The number of aryl methyl sites for hydroxylation is 1. The molecule has 1 fully saturated rings. The Hall–Kier alpha value is -0.510. The van der Waals surface area contributed by atoms with Gasteiger partial charge in [-0.2, -0.15) is 0 Å². The van der Waals surface area contributed by atoms with E-state index in [0.717, 1.165) is 0 Å². The molecule has 1 aromatic rings. The summed E-state index contributed by atoms with van der Waals surface area (Å²) in [5, 5.41) is 3.67. The Morgan fingerprint density at radius 3 is 2.62 bits per heavy atom. The molecule has 118 valence electrons. The van der Waals surface area contributed by atoms with E-state index >= 15 is 0 Å². The average molecular weight is 307 g/mol. The van der Waals surface area contributed by atoms with Gasteiger partial charge in [0.2, 0.25) is 0 Å². The summed E-state index contributed by atoms with van der Waals surface area (Å²) >= 11 is 1.97. The lowest BCUT2D eigenvalue weighted by molar-refractivity contribution is 0.195. The predicted octanol–water partition coefficient (Wildman–Crippen LogP) is 3.94. The molecule has 1 N–H and O–H groups in total. The minimum Gasteiger partial charge on any atom is -0.313 e. The Morgan fingerprint density at radius 2 is 2.00 bits per heavy atom. The van der Waals surface area contributed by atoms with Crippen LogP contribution in [0.1, 0.15) is 38.7 Å². The van der Waals surface area contributed by atoms with E-state index in [0.29, 0.717) is 12.1 Å². The van der Waals surface area contributed by atoms with E-state index in [2.05, 4.69) is 55.3 Å². The molecule has 0 saturated carbocycles. The van der Waals surface area contributed by atoms with Crippen LogP contribution in [0, 0.1) is 6.92 Å². The van der Waals surface area contributed by atoms with Crippen LogP contribution in [-0.2, 0) is 0 Å². The third kappa shape index (κ3) is 6.01. The molecule has 1 saturated heterocycles. The molecule has 1 aliphatic heterocycles. The zero-order valence-electron chi connectivity index (χ0n) is 13.8. The summed E-state index contributed by atoms with van der Waals surface area (Å²) in [4.78, 5) is 4.02. The van der Waals surface area contributed by atoms with Crippen molar-refractivity contribution in [3.05, 3.63) is 29.8 Å². The van der Waals surface area contributed by atoms with Crippen LogP contribution in [0.5, 0.6) is 0 Å². The number of thioether (sulfide) groups is 1. The maximum absolute atomic E-state index is 3.67. The summed E-state index contributed by atoms with van der Waals surface area (Å²) in [6, 6.07) is 10.2. The second kappa shape index (κ2) is 8.82. The maximum Gasteiger partial charge on any atom is 0.0195 e. The van der Waals surface area contributed by atoms with E-state index < -0.39 is 0 Å². The van der Waals surface area contributed by atoms with Crippen molar-refractivity contribution in [2.45, 2.75) is 57.0 Å². The van der Waals surface area contributed by atoms with Crippen LogP contribution in [0.2, 0.25) is 0 Å². The van der Waals surface area contributed by atoms with Crippen molar-refractivity contribution in [1.29, 1.82) is 0 Å². The van der Waals surface area contributed by atoms with E-state index in [1.807, 2.05) is 11.8 Å². The van der Waals surface area contributed by atoms with E-state index in [-0.39, 0.29) is 0 Å². The van der Waals surface area contributed by atoms with Gasteiger partial charge < -0.3 is 5.32 Å². The maximum atomic E-state index is 3.67. The van der Waals surface area contributed by atoms with Gasteiger partial charge in [-0.15, -0.1) is 11.8 Å². The summed E-state index contributed by atoms with van der Waals surface area (Å²) in [7, 11) is 0. The number of piperidine rings is 1. The third-order valence-electron chi connectivity index (χ3n) is 4.27. The zero-order chi connectivity index (χ0) is 15.1. The number of hydrogen-bond acceptors (Lipinski definition) is 3. The number of benzene rings is 1. The first-order chi connectivity index (χ1) is 10.1. The van der Waals surface area contributed by atoms with Gasteiger partial charge in [-0.1, -0.05) is 24.1 Å². The summed E-state index contributed by atoms with van der Waals surface area (Å²) in [6.07, 6.45) is 4.08. The molecule has 0 bridgehead atoms. The van der Waals surface area contributed by atoms with Crippen LogP contribution in [0.25, 0.3) is 0 Å². The van der Waals surface area contributed by atoms with Gasteiger partial charge in [0.05, 0.1) is 0 Å². The normalized spacial score (nSPS) is 19.4.